The normalized spacial score (nSPS) is 14.1. The minimum absolute atomic E-state index is 0.257. The molecule has 200 valence electrons. The van der Waals surface area contributed by atoms with E-state index >= 15 is 0 Å². The lowest BCUT2D eigenvalue weighted by Crippen LogP contribution is -2.20. The van der Waals surface area contributed by atoms with Gasteiger partial charge >= 0.3 is 0 Å². The van der Waals surface area contributed by atoms with Crippen molar-refractivity contribution in [2.45, 2.75) is 32.6 Å². The van der Waals surface area contributed by atoms with Gasteiger partial charge in [0.05, 0.1) is 28.6 Å². The fourth-order valence-corrected chi connectivity index (χ4v) is 5.68. The first-order chi connectivity index (χ1) is 19.6. The average Bonchev–Trinajstić information content (AvgIpc) is 3.72. The van der Waals surface area contributed by atoms with E-state index in [2.05, 4.69) is 35.0 Å². The third-order valence-electron chi connectivity index (χ3n) is 7.76. The largest absolute Gasteiger partial charge is 0.336 e. The van der Waals surface area contributed by atoms with Gasteiger partial charge in [-0.3, -0.25) is 20.1 Å². The van der Waals surface area contributed by atoms with E-state index in [9.17, 15) is 4.39 Å². The van der Waals surface area contributed by atoms with Crippen molar-refractivity contribution in [3.8, 4) is 34.0 Å². The van der Waals surface area contributed by atoms with E-state index in [1.807, 2.05) is 37.4 Å². The topological polar surface area (TPSA) is 99.3 Å². The molecule has 0 saturated carbocycles. The molecule has 0 aliphatic carbocycles. The van der Waals surface area contributed by atoms with E-state index in [4.69, 9.17) is 4.98 Å². The Bertz CT molecular complexity index is 1830. The maximum absolute atomic E-state index is 14.8. The van der Waals surface area contributed by atoms with Gasteiger partial charge in [-0.15, -0.1) is 0 Å². The number of nitrogens with one attached hydrogen (secondary N) is 2. The summed E-state index contributed by atoms with van der Waals surface area (Å²) < 4.78 is 14.8. The Balaban J connectivity index is 1.24. The fourth-order valence-electron chi connectivity index (χ4n) is 5.68. The van der Waals surface area contributed by atoms with E-state index in [1.54, 1.807) is 24.7 Å². The quantitative estimate of drug-likeness (QED) is 0.258. The van der Waals surface area contributed by atoms with Gasteiger partial charge in [-0.05, 0) is 99.8 Å². The molecular formula is C31H29FN8. The van der Waals surface area contributed by atoms with Gasteiger partial charge in [-0.2, -0.15) is 5.10 Å². The van der Waals surface area contributed by atoms with Gasteiger partial charge in [0.2, 0.25) is 0 Å². The van der Waals surface area contributed by atoms with Gasteiger partial charge in [-0.1, -0.05) is 0 Å². The van der Waals surface area contributed by atoms with Gasteiger partial charge in [0.25, 0.3) is 0 Å². The average molecular weight is 533 g/mol. The number of H-pyrrole nitrogens is 2. The smallest absolute Gasteiger partial charge is 0.159 e. The molecular weight excluding hydrogens is 503 g/mol. The summed E-state index contributed by atoms with van der Waals surface area (Å²) in [4.78, 5) is 24.3. The molecule has 0 atom stereocenters. The second kappa shape index (κ2) is 10.2. The van der Waals surface area contributed by atoms with Crippen molar-refractivity contribution < 1.29 is 4.39 Å². The molecule has 2 N–H and O–H groups in total. The Morgan fingerprint density at radius 3 is 2.73 bits per heavy atom. The zero-order chi connectivity index (χ0) is 27.1. The summed E-state index contributed by atoms with van der Waals surface area (Å²) >= 11 is 0. The number of rotatable bonds is 7. The summed E-state index contributed by atoms with van der Waals surface area (Å²) in [6.45, 7) is 5.44. The second-order valence-corrected chi connectivity index (χ2v) is 10.5. The Morgan fingerprint density at radius 2 is 1.85 bits per heavy atom. The van der Waals surface area contributed by atoms with E-state index in [1.165, 1.54) is 32.0 Å². The SMILES string of the molecule is Cc1ccncc1-c1cc2c(-c3nc4c(-c5cc(F)cc(CCCN6CCCC6)c5)nccc4[nH]3)n[nH]c2cn1. The number of halogens is 1. The lowest BCUT2D eigenvalue weighted by atomic mass is 10.0. The highest BCUT2D eigenvalue weighted by Crippen LogP contribution is 2.32. The van der Waals surface area contributed by atoms with Gasteiger partial charge < -0.3 is 9.88 Å². The molecule has 6 aromatic rings. The van der Waals surface area contributed by atoms with Crippen LogP contribution in [0.5, 0.6) is 0 Å². The van der Waals surface area contributed by atoms with E-state index in [-0.39, 0.29) is 5.82 Å². The highest BCUT2D eigenvalue weighted by Gasteiger charge is 2.18. The molecule has 1 aliphatic heterocycles. The van der Waals surface area contributed by atoms with Crippen LogP contribution in [0, 0.1) is 12.7 Å². The molecule has 8 nitrogen and oxygen atoms in total. The Morgan fingerprint density at radius 1 is 0.950 bits per heavy atom. The van der Waals surface area contributed by atoms with Gasteiger partial charge in [0, 0.05) is 35.1 Å². The zero-order valence-corrected chi connectivity index (χ0v) is 22.3. The van der Waals surface area contributed by atoms with Crippen LogP contribution < -0.4 is 0 Å². The van der Waals surface area contributed by atoms with E-state index in [0.717, 1.165) is 63.8 Å². The van der Waals surface area contributed by atoms with E-state index in [0.29, 0.717) is 22.7 Å². The number of nitrogens with zero attached hydrogens (tertiary/aromatic N) is 6. The first-order valence-corrected chi connectivity index (χ1v) is 13.7. The summed E-state index contributed by atoms with van der Waals surface area (Å²) in [7, 11) is 0. The van der Waals surface area contributed by atoms with Crippen LogP contribution in [0.15, 0.2) is 61.2 Å². The minimum atomic E-state index is -0.257. The predicted octanol–water partition coefficient (Wildman–Crippen LogP) is 6.10. The van der Waals surface area contributed by atoms with Gasteiger partial charge in [0.1, 0.15) is 17.0 Å². The molecule has 6 heterocycles. The summed E-state index contributed by atoms with van der Waals surface area (Å²) in [5.74, 6) is 0.352. The fraction of sp³-hybridized carbons (Fsp3) is 0.258. The van der Waals surface area contributed by atoms with Crippen molar-refractivity contribution in [1.29, 1.82) is 0 Å². The number of imidazole rings is 1. The summed E-state index contributed by atoms with van der Waals surface area (Å²) in [5.41, 5.74) is 8.22. The highest BCUT2D eigenvalue weighted by atomic mass is 19.1. The van der Waals surface area contributed by atoms with Crippen molar-refractivity contribution in [2.75, 3.05) is 19.6 Å². The third kappa shape index (κ3) is 4.62. The Kier molecular flexibility index (Phi) is 6.28. The number of aryl methyl sites for hydroxylation is 2. The molecule has 0 unspecified atom stereocenters. The molecule has 0 radical (unpaired) electrons. The van der Waals surface area contributed by atoms with Crippen LogP contribution in [0.25, 0.3) is 56.0 Å². The van der Waals surface area contributed by atoms with Crippen molar-refractivity contribution in [3.05, 3.63) is 78.1 Å². The molecule has 40 heavy (non-hydrogen) atoms. The molecule has 1 fully saturated rings. The van der Waals surface area contributed by atoms with Crippen LogP contribution in [-0.4, -0.2) is 59.7 Å². The summed E-state index contributed by atoms with van der Waals surface area (Å²) in [6, 6.07) is 11.1. The molecule has 1 saturated heterocycles. The molecule has 1 aliphatic rings. The molecule has 7 rings (SSSR count). The maximum Gasteiger partial charge on any atom is 0.159 e. The molecule has 0 spiro atoms. The first kappa shape index (κ1) is 24.5. The van der Waals surface area contributed by atoms with Crippen molar-refractivity contribution in [3.63, 3.8) is 0 Å². The number of aromatic nitrogens is 7. The number of aromatic amines is 2. The standard InChI is InChI=1S/C31H29FN8/c1-19-6-8-33-17-24(19)26-16-23-27(18-35-26)38-39-29(23)31-36-25-7-9-34-28(30(25)37-31)21-13-20(14-22(32)15-21)5-4-12-40-10-2-3-11-40/h6-9,13-18H,2-5,10-12H2,1H3,(H,36,37)(H,38,39). The number of likely N-dealkylation sites (tertiary alicyclic amines) is 1. The highest BCUT2D eigenvalue weighted by molar-refractivity contribution is 5.97. The van der Waals surface area contributed by atoms with Crippen LogP contribution in [0.4, 0.5) is 4.39 Å². The van der Waals surface area contributed by atoms with E-state index < -0.39 is 0 Å². The lowest BCUT2D eigenvalue weighted by molar-refractivity contribution is 0.334. The summed E-state index contributed by atoms with van der Waals surface area (Å²) in [5, 5.41) is 8.52. The van der Waals surface area contributed by atoms with Crippen LogP contribution >= 0.6 is 0 Å². The second-order valence-electron chi connectivity index (χ2n) is 10.5. The van der Waals surface area contributed by atoms with Gasteiger partial charge in [0.15, 0.2) is 5.82 Å². The third-order valence-corrected chi connectivity index (χ3v) is 7.76. The molecule has 0 bridgehead atoms. The minimum Gasteiger partial charge on any atom is -0.336 e. The Labute approximate surface area is 230 Å². The lowest BCUT2D eigenvalue weighted by Gasteiger charge is -2.14. The molecule has 0 amide bonds. The van der Waals surface area contributed by atoms with Crippen LogP contribution in [0.1, 0.15) is 30.4 Å². The molecule has 9 heteroatoms. The van der Waals surface area contributed by atoms with Gasteiger partial charge in [-0.25, -0.2) is 9.37 Å². The van der Waals surface area contributed by atoms with Crippen molar-refractivity contribution in [2.24, 2.45) is 0 Å². The van der Waals surface area contributed by atoms with Crippen LogP contribution in [0.2, 0.25) is 0 Å². The zero-order valence-electron chi connectivity index (χ0n) is 22.3. The number of fused-ring (bicyclic) bond motifs is 2. The predicted molar refractivity (Wildman–Crippen MR) is 154 cm³/mol. The Hall–Kier alpha value is -4.50. The maximum atomic E-state index is 14.8. The van der Waals surface area contributed by atoms with Crippen LogP contribution in [0.3, 0.4) is 0 Å². The number of benzene rings is 1. The number of hydrogen-bond acceptors (Lipinski definition) is 6. The van der Waals surface area contributed by atoms with Crippen LogP contribution in [-0.2, 0) is 6.42 Å². The van der Waals surface area contributed by atoms with Crippen molar-refractivity contribution in [1.82, 2.24) is 40.0 Å². The van der Waals surface area contributed by atoms with Crippen molar-refractivity contribution >= 4 is 21.9 Å². The molecule has 1 aromatic carbocycles. The summed E-state index contributed by atoms with van der Waals surface area (Å²) in [6.07, 6.45) is 11.5. The first-order valence-electron chi connectivity index (χ1n) is 13.7. The number of pyridine rings is 3. The number of hydrogen-bond donors (Lipinski definition) is 2. The molecule has 5 aromatic heterocycles. The monoisotopic (exact) mass is 532 g/mol.